The Morgan fingerprint density at radius 3 is 2.41 bits per heavy atom. The molecule has 6 aromatic rings. The predicted octanol–water partition coefficient (Wildman–Crippen LogP) is 8.37. The Bertz CT molecular complexity index is 2350. The summed E-state index contributed by atoms with van der Waals surface area (Å²) >= 11 is 0. The number of carbonyl (C=O) groups is 1. The zero-order valence-electron chi connectivity index (χ0n) is 28.5. The van der Waals surface area contributed by atoms with Crippen LogP contribution >= 0.6 is 0 Å². The summed E-state index contributed by atoms with van der Waals surface area (Å²) < 4.78 is 39.2. The van der Waals surface area contributed by atoms with E-state index in [0.29, 0.717) is 41.5 Å². The maximum Gasteiger partial charge on any atom is 0.324 e. The third-order valence-corrected chi connectivity index (χ3v) is 10.7. The fourth-order valence-electron chi connectivity index (χ4n) is 5.59. The maximum atomic E-state index is 13.4. The fraction of sp³-hybridized carbons (Fsp3) is 0.211. The number of ether oxygens (including phenoxy) is 2. The van der Waals surface area contributed by atoms with Crippen molar-refractivity contribution in [2.75, 3.05) is 23.1 Å². The molecule has 51 heavy (non-hydrogen) atoms. The van der Waals surface area contributed by atoms with Crippen LogP contribution in [0.15, 0.2) is 102 Å². The van der Waals surface area contributed by atoms with E-state index in [1.807, 2.05) is 61.5 Å². The lowest BCUT2D eigenvalue weighted by molar-refractivity contribution is 0.262. The third-order valence-electron chi connectivity index (χ3n) is 8.48. The first-order valence-electron chi connectivity index (χ1n) is 16.5. The first kappa shape index (κ1) is 33.5. The van der Waals surface area contributed by atoms with Gasteiger partial charge in [0, 0.05) is 40.9 Å². The van der Waals surface area contributed by atoms with Crippen molar-refractivity contribution in [3.8, 4) is 23.1 Å². The molecule has 260 valence electrons. The molecule has 2 aromatic heterocycles. The number of anilines is 4. The number of carbonyl (C=O) groups excluding carboxylic acids is 1. The topological polar surface area (TPSA) is 149 Å². The molecule has 13 heteroatoms. The van der Waals surface area contributed by atoms with Crippen LogP contribution in [0, 0.1) is 6.92 Å². The largest absolute Gasteiger partial charge is 0.497 e. The van der Waals surface area contributed by atoms with E-state index >= 15 is 0 Å². The second kappa shape index (κ2) is 13.8. The van der Waals surface area contributed by atoms with E-state index in [4.69, 9.17) is 14.6 Å². The Hall–Kier alpha value is -5.95. The number of nitrogens with one attached hydrogen (secondary N) is 3. The Morgan fingerprint density at radius 2 is 1.69 bits per heavy atom. The van der Waals surface area contributed by atoms with Crippen LogP contribution in [0.3, 0.4) is 0 Å². The van der Waals surface area contributed by atoms with E-state index in [9.17, 15) is 13.2 Å². The molecule has 2 amide bonds. The van der Waals surface area contributed by atoms with Gasteiger partial charge in [0.15, 0.2) is 9.84 Å². The summed E-state index contributed by atoms with van der Waals surface area (Å²) in [5.74, 6) is 2.10. The molecule has 0 saturated heterocycles. The van der Waals surface area contributed by atoms with Gasteiger partial charge >= 0.3 is 6.03 Å². The van der Waals surface area contributed by atoms with Gasteiger partial charge in [0.2, 0.25) is 11.8 Å². The molecule has 0 radical (unpaired) electrons. The third kappa shape index (κ3) is 7.33. The molecule has 1 saturated carbocycles. The second-order valence-electron chi connectivity index (χ2n) is 12.7. The quantitative estimate of drug-likeness (QED) is 0.121. The molecule has 7 rings (SSSR count). The molecular formula is C38H37N7O5S. The second-order valence-corrected chi connectivity index (χ2v) is 14.9. The van der Waals surface area contributed by atoms with Gasteiger partial charge in [0.25, 0.3) is 0 Å². The molecule has 3 N–H and O–H groups in total. The van der Waals surface area contributed by atoms with Crippen LogP contribution in [0.4, 0.5) is 27.9 Å². The number of urea groups is 1. The molecule has 2 heterocycles. The average molecular weight is 704 g/mol. The number of sulfone groups is 1. The molecule has 0 aliphatic heterocycles. The van der Waals surface area contributed by atoms with Crippen LogP contribution < -0.4 is 25.4 Å². The van der Waals surface area contributed by atoms with Gasteiger partial charge in [-0.2, -0.15) is 10.1 Å². The molecular weight excluding hydrogens is 667 g/mol. The van der Waals surface area contributed by atoms with Crippen molar-refractivity contribution >= 4 is 49.8 Å². The Kier molecular flexibility index (Phi) is 9.04. The summed E-state index contributed by atoms with van der Waals surface area (Å²) in [6.07, 6.45) is 2.86. The van der Waals surface area contributed by atoms with Gasteiger partial charge in [-0.1, -0.05) is 55.8 Å². The number of methoxy groups -OCH3 is 1. The van der Waals surface area contributed by atoms with Crippen molar-refractivity contribution < 1.29 is 22.7 Å². The molecule has 4 aromatic carbocycles. The van der Waals surface area contributed by atoms with Crippen LogP contribution in [0.25, 0.3) is 16.5 Å². The standard InChI is InChI=1S/C38H37N7O5S/c1-23(2)33-22-35(45(44-33)26-11-9-24(3)10-12-26)42-38(46)41-32-15-16-34(31-8-6-5-7-30(31)32)50-36-17-18-39-37(43-36)40-25-19-27(49-4)21-29(20-25)51(47,48)28-13-14-28/h5-12,15-23,28H,13-14H2,1-4H3,(H,39,40,43)(H2,41,42,46). The monoisotopic (exact) mass is 703 g/mol. The number of hydrogen-bond acceptors (Lipinski definition) is 9. The highest BCUT2D eigenvalue weighted by Crippen LogP contribution is 2.37. The molecule has 0 bridgehead atoms. The number of fused-ring (bicyclic) bond motifs is 1. The summed E-state index contributed by atoms with van der Waals surface area (Å²) in [5.41, 5.74) is 3.88. The zero-order chi connectivity index (χ0) is 35.7. The molecule has 0 atom stereocenters. The molecule has 1 aliphatic rings. The van der Waals surface area contributed by atoms with Gasteiger partial charge < -0.3 is 20.1 Å². The number of benzene rings is 4. The smallest absolute Gasteiger partial charge is 0.324 e. The summed E-state index contributed by atoms with van der Waals surface area (Å²) in [4.78, 5) is 22.4. The Balaban J connectivity index is 1.10. The normalized spacial score (nSPS) is 12.9. The highest BCUT2D eigenvalue weighted by Gasteiger charge is 2.37. The Morgan fingerprint density at radius 1 is 0.922 bits per heavy atom. The van der Waals surface area contributed by atoms with E-state index in [1.54, 1.807) is 41.2 Å². The summed E-state index contributed by atoms with van der Waals surface area (Å²) in [6, 6.07) is 26.9. The highest BCUT2D eigenvalue weighted by molar-refractivity contribution is 7.92. The molecule has 1 aliphatic carbocycles. The van der Waals surface area contributed by atoms with Gasteiger partial charge in [0.05, 0.1) is 34.3 Å². The number of aromatic nitrogens is 4. The first-order chi connectivity index (χ1) is 24.6. The fourth-order valence-corrected chi connectivity index (χ4v) is 7.30. The average Bonchev–Trinajstić information content (AvgIpc) is 3.91. The van der Waals surface area contributed by atoms with Crippen molar-refractivity contribution in [1.82, 2.24) is 19.7 Å². The number of aryl methyl sites for hydroxylation is 1. The van der Waals surface area contributed by atoms with E-state index in [2.05, 4.69) is 39.8 Å². The molecule has 12 nitrogen and oxygen atoms in total. The zero-order valence-corrected chi connectivity index (χ0v) is 29.4. The number of rotatable bonds is 11. The van der Waals surface area contributed by atoms with Gasteiger partial charge in [-0.05, 0) is 62.1 Å². The van der Waals surface area contributed by atoms with E-state index in [0.717, 1.165) is 27.7 Å². The maximum absolute atomic E-state index is 13.4. The highest BCUT2D eigenvalue weighted by atomic mass is 32.2. The lowest BCUT2D eigenvalue weighted by Gasteiger charge is -2.14. The van der Waals surface area contributed by atoms with Crippen LogP contribution in [0.1, 0.15) is 43.9 Å². The minimum absolute atomic E-state index is 0.170. The van der Waals surface area contributed by atoms with E-state index in [-0.39, 0.29) is 27.9 Å². The minimum atomic E-state index is -3.45. The minimum Gasteiger partial charge on any atom is -0.497 e. The van der Waals surface area contributed by atoms with Crippen LogP contribution in [0.2, 0.25) is 0 Å². The van der Waals surface area contributed by atoms with Gasteiger partial charge in [-0.15, -0.1) is 0 Å². The van der Waals surface area contributed by atoms with Crippen molar-refractivity contribution in [3.63, 3.8) is 0 Å². The van der Waals surface area contributed by atoms with Crippen molar-refractivity contribution in [2.45, 2.75) is 49.7 Å². The number of hydrogen-bond donors (Lipinski definition) is 3. The van der Waals surface area contributed by atoms with Crippen molar-refractivity contribution in [1.29, 1.82) is 0 Å². The van der Waals surface area contributed by atoms with Gasteiger partial charge in [-0.25, -0.2) is 22.9 Å². The van der Waals surface area contributed by atoms with E-state index < -0.39 is 15.9 Å². The molecule has 1 fully saturated rings. The van der Waals surface area contributed by atoms with Crippen molar-refractivity contribution in [3.05, 3.63) is 108 Å². The molecule has 0 spiro atoms. The van der Waals surface area contributed by atoms with Gasteiger partial charge in [0.1, 0.15) is 17.3 Å². The summed E-state index contributed by atoms with van der Waals surface area (Å²) in [7, 11) is -1.96. The Labute approximate surface area is 295 Å². The van der Waals surface area contributed by atoms with E-state index in [1.165, 1.54) is 13.2 Å². The number of nitrogens with zero attached hydrogens (tertiary/aromatic N) is 4. The predicted molar refractivity (Wildman–Crippen MR) is 198 cm³/mol. The van der Waals surface area contributed by atoms with Crippen LogP contribution in [-0.4, -0.2) is 46.6 Å². The first-order valence-corrected chi connectivity index (χ1v) is 18.1. The lowest BCUT2D eigenvalue weighted by Crippen LogP contribution is -2.21. The van der Waals surface area contributed by atoms with Crippen LogP contribution in [0.5, 0.6) is 17.4 Å². The van der Waals surface area contributed by atoms with Crippen LogP contribution in [-0.2, 0) is 9.84 Å². The van der Waals surface area contributed by atoms with Gasteiger partial charge in [-0.3, -0.25) is 5.32 Å². The summed E-state index contributed by atoms with van der Waals surface area (Å²) in [5, 5.41) is 14.9. The SMILES string of the molecule is COc1cc(Nc2nccc(Oc3ccc(NC(=O)Nc4cc(C(C)C)nn4-c4ccc(C)cc4)c4ccccc34)n2)cc(S(=O)(=O)C2CC2)c1. The van der Waals surface area contributed by atoms with Crippen molar-refractivity contribution in [2.24, 2.45) is 0 Å². The lowest BCUT2D eigenvalue weighted by atomic mass is 10.1. The summed E-state index contributed by atoms with van der Waals surface area (Å²) in [6.45, 7) is 6.13. The number of amides is 2. The molecule has 0 unspecified atom stereocenters.